The number of rotatable bonds is 6. The van der Waals surface area contributed by atoms with E-state index in [2.05, 4.69) is 0 Å². The van der Waals surface area contributed by atoms with Crippen LogP contribution in [-0.2, 0) is 4.74 Å². The summed E-state index contributed by atoms with van der Waals surface area (Å²) in [5.41, 5.74) is 1.77. The molecule has 0 bridgehead atoms. The van der Waals surface area contributed by atoms with Gasteiger partial charge in [-0.1, -0.05) is 11.6 Å². The molecule has 1 atom stereocenters. The van der Waals surface area contributed by atoms with Crippen molar-refractivity contribution >= 4 is 0 Å². The van der Waals surface area contributed by atoms with Crippen molar-refractivity contribution in [2.75, 3.05) is 13.7 Å². The molecule has 0 aliphatic rings. The van der Waals surface area contributed by atoms with Crippen molar-refractivity contribution in [2.45, 2.75) is 45.8 Å². The number of aryl methyl sites for hydroxylation is 1. The van der Waals surface area contributed by atoms with Crippen LogP contribution in [-0.4, -0.2) is 24.4 Å². The van der Waals surface area contributed by atoms with Crippen LogP contribution >= 0.6 is 0 Å². The molecule has 0 fully saturated rings. The van der Waals surface area contributed by atoms with Crippen molar-refractivity contribution in [3.05, 3.63) is 29.3 Å². The Morgan fingerprint density at radius 3 is 2.56 bits per heavy atom. The first kappa shape index (κ1) is 15.0. The SMILES string of the molecule is COC(C)(C)CCOc1ccc(C)cc1[C@@H](C)O. The fourth-order valence-corrected chi connectivity index (χ4v) is 1.63. The Kier molecular flexibility index (Phi) is 5.17. The molecule has 3 heteroatoms. The first-order valence-corrected chi connectivity index (χ1v) is 6.32. The lowest BCUT2D eigenvalue weighted by Gasteiger charge is -2.23. The quantitative estimate of drug-likeness (QED) is 0.844. The highest BCUT2D eigenvalue weighted by atomic mass is 16.5. The molecule has 0 saturated carbocycles. The summed E-state index contributed by atoms with van der Waals surface area (Å²) in [6.45, 7) is 8.39. The van der Waals surface area contributed by atoms with Gasteiger partial charge in [-0.2, -0.15) is 0 Å². The van der Waals surface area contributed by atoms with Crippen molar-refractivity contribution in [1.29, 1.82) is 0 Å². The number of aliphatic hydroxyl groups excluding tert-OH is 1. The minimum Gasteiger partial charge on any atom is -0.493 e. The molecule has 0 saturated heterocycles. The van der Waals surface area contributed by atoms with E-state index in [1.54, 1.807) is 14.0 Å². The lowest BCUT2D eigenvalue weighted by Crippen LogP contribution is -2.25. The summed E-state index contributed by atoms with van der Waals surface area (Å²) < 4.78 is 11.1. The maximum absolute atomic E-state index is 9.73. The maximum atomic E-state index is 9.73. The maximum Gasteiger partial charge on any atom is 0.125 e. The fourth-order valence-electron chi connectivity index (χ4n) is 1.63. The van der Waals surface area contributed by atoms with Crippen molar-refractivity contribution in [3.63, 3.8) is 0 Å². The summed E-state index contributed by atoms with van der Waals surface area (Å²) in [6.07, 6.45) is 0.284. The Labute approximate surface area is 110 Å². The van der Waals surface area contributed by atoms with E-state index in [1.165, 1.54) is 0 Å². The Balaban J connectivity index is 2.67. The number of hydrogen-bond donors (Lipinski definition) is 1. The van der Waals surface area contributed by atoms with Crippen LogP contribution in [0.25, 0.3) is 0 Å². The van der Waals surface area contributed by atoms with Gasteiger partial charge in [0.1, 0.15) is 5.75 Å². The third-order valence-electron chi connectivity index (χ3n) is 3.13. The average molecular weight is 252 g/mol. The lowest BCUT2D eigenvalue weighted by atomic mass is 10.1. The first-order chi connectivity index (χ1) is 8.35. The van der Waals surface area contributed by atoms with Gasteiger partial charge in [0, 0.05) is 19.1 Å². The summed E-state index contributed by atoms with van der Waals surface area (Å²) in [5.74, 6) is 0.752. The van der Waals surface area contributed by atoms with Gasteiger partial charge < -0.3 is 14.6 Å². The Morgan fingerprint density at radius 1 is 1.33 bits per heavy atom. The molecule has 3 nitrogen and oxygen atoms in total. The number of methoxy groups -OCH3 is 1. The van der Waals surface area contributed by atoms with Crippen molar-refractivity contribution in [3.8, 4) is 5.75 Å². The molecule has 18 heavy (non-hydrogen) atoms. The van der Waals surface area contributed by atoms with Crippen molar-refractivity contribution < 1.29 is 14.6 Å². The lowest BCUT2D eigenvalue weighted by molar-refractivity contribution is 0.00522. The highest BCUT2D eigenvalue weighted by molar-refractivity contribution is 5.38. The molecule has 0 unspecified atom stereocenters. The molecule has 0 spiro atoms. The van der Waals surface area contributed by atoms with Crippen LogP contribution in [0.5, 0.6) is 5.75 Å². The summed E-state index contributed by atoms with van der Waals surface area (Å²) in [5, 5.41) is 9.73. The van der Waals surface area contributed by atoms with Crippen LogP contribution < -0.4 is 4.74 Å². The fraction of sp³-hybridized carbons (Fsp3) is 0.600. The average Bonchev–Trinajstić information content (AvgIpc) is 2.30. The van der Waals surface area contributed by atoms with E-state index in [1.807, 2.05) is 39.0 Å². The molecule has 0 radical (unpaired) electrons. The van der Waals surface area contributed by atoms with Gasteiger partial charge in [-0.15, -0.1) is 0 Å². The summed E-state index contributed by atoms with van der Waals surface area (Å²) in [4.78, 5) is 0. The topological polar surface area (TPSA) is 38.7 Å². The van der Waals surface area contributed by atoms with E-state index in [-0.39, 0.29) is 5.60 Å². The molecule has 0 aliphatic heterocycles. The zero-order valence-electron chi connectivity index (χ0n) is 12.0. The van der Waals surface area contributed by atoms with Crippen LogP contribution in [0.2, 0.25) is 0 Å². The Hall–Kier alpha value is -1.06. The Morgan fingerprint density at radius 2 is 2.00 bits per heavy atom. The highest BCUT2D eigenvalue weighted by Gasteiger charge is 2.17. The van der Waals surface area contributed by atoms with Gasteiger partial charge in [-0.05, 0) is 39.8 Å². The molecule has 0 aliphatic carbocycles. The number of hydrogen-bond acceptors (Lipinski definition) is 3. The Bertz CT molecular complexity index is 383. The minimum absolute atomic E-state index is 0.185. The number of ether oxygens (including phenoxy) is 2. The van der Waals surface area contributed by atoms with E-state index in [0.29, 0.717) is 6.61 Å². The second-order valence-electron chi connectivity index (χ2n) is 5.28. The smallest absolute Gasteiger partial charge is 0.125 e. The van der Waals surface area contributed by atoms with Gasteiger partial charge in [0.25, 0.3) is 0 Å². The van der Waals surface area contributed by atoms with Gasteiger partial charge in [0.05, 0.1) is 18.3 Å². The van der Waals surface area contributed by atoms with Gasteiger partial charge in [0.15, 0.2) is 0 Å². The predicted octanol–water partition coefficient (Wildman–Crippen LogP) is 3.24. The van der Waals surface area contributed by atoms with E-state index in [4.69, 9.17) is 9.47 Å². The molecule has 1 aromatic carbocycles. The largest absolute Gasteiger partial charge is 0.493 e. The van der Waals surface area contributed by atoms with Crippen LogP contribution in [0.15, 0.2) is 18.2 Å². The first-order valence-electron chi connectivity index (χ1n) is 6.32. The van der Waals surface area contributed by atoms with E-state index in [0.717, 1.165) is 23.3 Å². The van der Waals surface area contributed by atoms with Gasteiger partial charge >= 0.3 is 0 Å². The van der Waals surface area contributed by atoms with Gasteiger partial charge in [-0.3, -0.25) is 0 Å². The van der Waals surface area contributed by atoms with Crippen molar-refractivity contribution in [2.24, 2.45) is 0 Å². The third-order valence-corrected chi connectivity index (χ3v) is 3.13. The van der Waals surface area contributed by atoms with Gasteiger partial charge in [0.2, 0.25) is 0 Å². The van der Waals surface area contributed by atoms with Gasteiger partial charge in [-0.25, -0.2) is 0 Å². The number of benzene rings is 1. The molecular weight excluding hydrogens is 228 g/mol. The number of aliphatic hydroxyl groups is 1. The van der Waals surface area contributed by atoms with E-state index >= 15 is 0 Å². The summed E-state index contributed by atoms with van der Waals surface area (Å²) in [6, 6.07) is 5.86. The van der Waals surface area contributed by atoms with Crippen LogP contribution in [0, 0.1) is 6.92 Å². The predicted molar refractivity (Wildman–Crippen MR) is 73.0 cm³/mol. The van der Waals surface area contributed by atoms with E-state index in [9.17, 15) is 5.11 Å². The minimum atomic E-state index is -0.518. The molecule has 102 valence electrons. The normalized spacial score (nSPS) is 13.4. The standard InChI is InChI=1S/C15H24O3/c1-11-6-7-14(13(10-11)12(2)16)18-9-8-15(3,4)17-5/h6-7,10,12,16H,8-9H2,1-5H3/t12-/m1/s1. The molecule has 1 N–H and O–H groups in total. The zero-order valence-corrected chi connectivity index (χ0v) is 12.0. The monoisotopic (exact) mass is 252 g/mol. The summed E-state index contributed by atoms with van der Waals surface area (Å²) >= 11 is 0. The molecular formula is C15H24O3. The zero-order chi connectivity index (χ0) is 13.8. The summed E-state index contributed by atoms with van der Waals surface area (Å²) in [7, 11) is 1.70. The second kappa shape index (κ2) is 6.21. The third kappa shape index (κ3) is 4.31. The second-order valence-corrected chi connectivity index (χ2v) is 5.28. The van der Waals surface area contributed by atoms with Crippen LogP contribution in [0.3, 0.4) is 0 Å². The van der Waals surface area contributed by atoms with Crippen molar-refractivity contribution in [1.82, 2.24) is 0 Å². The molecule has 0 heterocycles. The molecule has 0 amide bonds. The van der Waals surface area contributed by atoms with E-state index < -0.39 is 6.10 Å². The van der Waals surface area contributed by atoms with Crippen LogP contribution in [0.4, 0.5) is 0 Å². The van der Waals surface area contributed by atoms with Crippen LogP contribution in [0.1, 0.15) is 44.4 Å². The highest BCUT2D eigenvalue weighted by Crippen LogP contribution is 2.26. The molecule has 1 aromatic rings. The molecule has 1 rings (SSSR count). The molecule has 0 aromatic heterocycles.